The molecule has 1 aromatic carbocycles. The quantitative estimate of drug-likeness (QED) is 0.865. The minimum atomic E-state index is -0.137. The van der Waals surface area contributed by atoms with Gasteiger partial charge in [-0.05, 0) is 37.0 Å². The fourth-order valence-corrected chi connectivity index (χ4v) is 2.60. The lowest BCUT2D eigenvalue weighted by Gasteiger charge is -2.37. The zero-order valence-electron chi connectivity index (χ0n) is 11.7. The highest BCUT2D eigenvalue weighted by atomic mass is 16.2. The highest BCUT2D eigenvalue weighted by Gasteiger charge is 2.28. The van der Waals surface area contributed by atoms with Crippen molar-refractivity contribution < 1.29 is 4.79 Å². The number of likely N-dealkylation sites (tertiary alicyclic amines) is 1. The maximum absolute atomic E-state index is 12.3. The number of carbonyl (C=O) groups is 1. The minimum Gasteiger partial charge on any atom is -0.328 e. The molecule has 1 saturated heterocycles. The average Bonchev–Trinajstić information content (AvgIpc) is 2.47. The Labute approximate surface area is 119 Å². The van der Waals surface area contributed by atoms with Gasteiger partial charge in [0.25, 0.3) is 0 Å². The summed E-state index contributed by atoms with van der Waals surface area (Å²) in [5.74, 6) is 0.606. The predicted molar refractivity (Wildman–Crippen MR) is 78.1 cm³/mol. The summed E-state index contributed by atoms with van der Waals surface area (Å²) >= 11 is 0. The minimum absolute atomic E-state index is 0.0953. The van der Waals surface area contributed by atoms with Crippen molar-refractivity contribution in [3.8, 4) is 6.07 Å². The zero-order valence-corrected chi connectivity index (χ0v) is 11.7. The number of hydrogen-bond donors (Lipinski definition) is 2. The summed E-state index contributed by atoms with van der Waals surface area (Å²) in [6, 6.07) is 8.93. The van der Waals surface area contributed by atoms with Gasteiger partial charge < -0.3 is 16.0 Å². The van der Waals surface area contributed by atoms with Crippen molar-refractivity contribution in [2.75, 3.05) is 18.4 Å². The molecule has 2 rings (SSSR count). The highest BCUT2D eigenvalue weighted by molar-refractivity contribution is 5.89. The molecule has 1 aromatic rings. The molecule has 2 unspecified atom stereocenters. The lowest BCUT2D eigenvalue weighted by atomic mass is 9.93. The molecule has 1 fully saturated rings. The second-order valence-corrected chi connectivity index (χ2v) is 5.34. The first-order valence-electron chi connectivity index (χ1n) is 6.92. The van der Waals surface area contributed by atoms with Gasteiger partial charge in [0.15, 0.2) is 0 Å². The van der Waals surface area contributed by atoms with Gasteiger partial charge in [0.05, 0.1) is 11.6 Å². The summed E-state index contributed by atoms with van der Waals surface area (Å²) in [5, 5.41) is 11.7. The first-order valence-corrected chi connectivity index (χ1v) is 6.92. The molecule has 20 heavy (non-hydrogen) atoms. The first-order chi connectivity index (χ1) is 9.63. The third-order valence-corrected chi connectivity index (χ3v) is 3.75. The number of benzene rings is 1. The normalized spacial score (nSPS) is 22.1. The molecule has 3 N–H and O–H groups in total. The van der Waals surface area contributed by atoms with Crippen LogP contribution < -0.4 is 11.1 Å². The third-order valence-electron chi connectivity index (χ3n) is 3.75. The van der Waals surface area contributed by atoms with Crippen LogP contribution in [0, 0.1) is 17.2 Å². The predicted octanol–water partition coefficient (Wildman–Crippen LogP) is 2.15. The van der Waals surface area contributed by atoms with Crippen molar-refractivity contribution in [3.05, 3.63) is 29.8 Å². The number of nitriles is 1. The molecule has 106 valence electrons. The lowest BCUT2D eigenvalue weighted by Crippen LogP contribution is -2.50. The van der Waals surface area contributed by atoms with E-state index in [4.69, 9.17) is 11.0 Å². The zero-order chi connectivity index (χ0) is 14.5. The number of nitrogens with one attached hydrogen (secondary N) is 1. The van der Waals surface area contributed by atoms with Crippen molar-refractivity contribution in [3.63, 3.8) is 0 Å². The van der Waals surface area contributed by atoms with Crippen molar-refractivity contribution in [1.29, 1.82) is 5.26 Å². The van der Waals surface area contributed by atoms with Crippen LogP contribution in [0.15, 0.2) is 24.3 Å². The van der Waals surface area contributed by atoms with Crippen LogP contribution in [0.5, 0.6) is 0 Å². The van der Waals surface area contributed by atoms with Crippen LogP contribution in [0.2, 0.25) is 0 Å². The molecule has 2 atom stereocenters. The van der Waals surface area contributed by atoms with Gasteiger partial charge in [-0.25, -0.2) is 4.79 Å². The van der Waals surface area contributed by atoms with E-state index in [1.807, 2.05) is 0 Å². The van der Waals surface area contributed by atoms with Crippen LogP contribution >= 0.6 is 0 Å². The van der Waals surface area contributed by atoms with Crippen LogP contribution in [0.25, 0.3) is 0 Å². The van der Waals surface area contributed by atoms with E-state index in [-0.39, 0.29) is 12.1 Å². The van der Waals surface area contributed by atoms with E-state index in [2.05, 4.69) is 18.3 Å². The second kappa shape index (κ2) is 6.40. The summed E-state index contributed by atoms with van der Waals surface area (Å²) in [7, 11) is 0. The molecule has 0 aliphatic carbocycles. The van der Waals surface area contributed by atoms with Crippen LogP contribution in [-0.4, -0.2) is 30.1 Å². The van der Waals surface area contributed by atoms with E-state index in [9.17, 15) is 4.79 Å². The van der Waals surface area contributed by atoms with E-state index in [0.29, 0.717) is 23.7 Å². The molecule has 0 spiro atoms. The Morgan fingerprint density at radius 3 is 3.10 bits per heavy atom. The number of anilines is 1. The van der Waals surface area contributed by atoms with Gasteiger partial charge in [-0.3, -0.25) is 0 Å². The standard InChI is InChI=1S/C15H20N4O/c1-11-5-6-19(14(7-11)10-17)15(20)18-13-4-2-3-12(8-13)9-16/h2-4,8,11,14H,5-7,10,17H2,1H3,(H,18,20). The van der Waals surface area contributed by atoms with Crippen molar-refractivity contribution in [1.82, 2.24) is 4.90 Å². The highest BCUT2D eigenvalue weighted by Crippen LogP contribution is 2.22. The number of amides is 2. The smallest absolute Gasteiger partial charge is 0.322 e. The molecule has 1 aliphatic heterocycles. The first kappa shape index (κ1) is 14.4. The molecule has 1 aliphatic rings. The Hall–Kier alpha value is -2.06. The van der Waals surface area contributed by atoms with Gasteiger partial charge in [0, 0.05) is 24.8 Å². The molecule has 0 saturated carbocycles. The van der Waals surface area contributed by atoms with Crippen LogP contribution in [-0.2, 0) is 0 Å². The number of carbonyl (C=O) groups excluding carboxylic acids is 1. The van der Waals surface area contributed by atoms with Crippen LogP contribution in [0.3, 0.4) is 0 Å². The lowest BCUT2D eigenvalue weighted by molar-refractivity contribution is 0.145. The number of nitrogens with zero attached hydrogens (tertiary/aromatic N) is 2. The molecular weight excluding hydrogens is 252 g/mol. The molecule has 5 heteroatoms. The Morgan fingerprint density at radius 1 is 1.60 bits per heavy atom. The molecule has 2 amide bonds. The Kier molecular flexibility index (Phi) is 4.59. The number of piperidine rings is 1. The van der Waals surface area contributed by atoms with E-state index in [1.165, 1.54) is 0 Å². The van der Waals surface area contributed by atoms with E-state index < -0.39 is 0 Å². The number of rotatable bonds is 2. The van der Waals surface area contributed by atoms with Gasteiger partial charge in [-0.2, -0.15) is 5.26 Å². The van der Waals surface area contributed by atoms with Gasteiger partial charge in [-0.1, -0.05) is 13.0 Å². The van der Waals surface area contributed by atoms with Crippen molar-refractivity contribution in [2.45, 2.75) is 25.8 Å². The molecule has 0 aromatic heterocycles. The SMILES string of the molecule is CC1CCN(C(=O)Nc2cccc(C#N)c2)C(CN)C1. The fourth-order valence-electron chi connectivity index (χ4n) is 2.60. The largest absolute Gasteiger partial charge is 0.328 e. The monoisotopic (exact) mass is 272 g/mol. The van der Waals surface area contributed by atoms with E-state index in [1.54, 1.807) is 29.2 Å². The molecule has 1 heterocycles. The third kappa shape index (κ3) is 3.28. The summed E-state index contributed by atoms with van der Waals surface area (Å²) in [6.45, 7) is 3.40. The van der Waals surface area contributed by atoms with Crippen molar-refractivity contribution >= 4 is 11.7 Å². The Morgan fingerprint density at radius 2 is 2.40 bits per heavy atom. The number of urea groups is 1. The molecule has 5 nitrogen and oxygen atoms in total. The fraction of sp³-hybridized carbons (Fsp3) is 0.467. The van der Waals surface area contributed by atoms with Gasteiger partial charge in [0.2, 0.25) is 0 Å². The van der Waals surface area contributed by atoms with E-state index in [0.717, 1.165) is 19.4 Å². The second-order valence-electron chi connectivity index (χ2n) is 5.34. The van der Waals surface area contributed by atoms with Gasteiger partial charge >= 0.3 is 6.03 Å². The van der Waals surface area contributed by atoms with Gasteiger partial charge in [-0.15, -0.1) is 0 Å². The van der Waals surface area contributed by atoms with E-state index >= 15 is 0 Å². The molecular formula is C15H20N4O. The summed E-state index contributed by atoms with van der Waals surface area (Å²) in [5.41, 5.74) is 6.94. The Bertz CT molecular complexity index is 523. The van der Waals surface area contributed by atoms with Crippen LogP contribution in [0.1, 0.15) is 25.3 Å². The summed E-state index contributed by atoms with van der Waals surface area (Å²) in [6.07, 6.45) is 1.95. The average molecular weight is 272 g/mol. The number of hydrogen-bond acceptors (Lipinski definition) is 3. The Balaban J connectivity index is 2.05. The topological polar surface area (TPSA) is 82.2 Å². The molecule has 0 bridgehead atoms. The van der Waals surface area contributed by atoms with Crippen LogP contribution in [0.4, 0.5) is 10.5 Å². The molecule has 0 radical (unpaired) electrons. The summed E-state index contributed by atoms with van der Waals surface area (Å²) in [4.78, 5) is 14.1. The summed E-state index contributed by atoms with van der Waals surface area (Å²) < 4.78 is 0. The van der Waals surface area contributed by atoms with Crippen molar-refractivity contribution in [2.24, 2.45) is 11.7 Å². The van der Waals surface area contributed by atoms with Gasteiger partial charge in [0.1, 0.15) is 0 Å². The number of nitrogens with two attached hydrogens (primary N) is 1. The maximum atomic E-state index is 12.3. The maximum Gasteiger partial charge on any atom is 0.322 e.